The molecule has 0 saturated carbocycles. The van der Waals surface area contributed by atoms with Gasteiger partial charge in [-0.1, -0.05) is 12.1 Å². The first-order valence-electron chi connectivity index (χ1n) is 9.96. The first-order valence-corrected chi connectivity index (χ1v) is 11.4. The van der Waals surface area contributed by atoms with Crippen LogP contribution in [0.15, 0.2) is 24.3 Å². The first kappa shape index (κ1) is 21.0. The molecule has 7 heteroatoms. The van der Waals surface area contributed by atoms with E-state index in [-0.39, 0.29) is 11.9 Å². The highest BCUT2D eigenvalue weighted by atomic mass is 32.2. The van der Waals surface area contributed by atoms with Crippen LogP contribution >= 0.6 is 11.8 Å². The van der Waals surface area contributed by atoms with Crippen molar-refractivity contribution < 1.29 is 14.3 Å². The van der Waals surface area contributed by atoms with Gasteiger partial charge in [-0.3, -0.25) is 14.6 Å². The lowest BCUT2D eigenvalue weighted by molar-refractivity contribution is -0.136. The second-order valence-electron chi connectivity index (χ2n) is 7.64. The van der Waals surface area contributed by atoms with Crippen LogP contribution in [0.1, 0.15) is 32.3 Å². The van der Waals surface area contributed by atoms with Crippen molar-refractivity contribution in [2.24, 2.45) is 0 Å². The largest absolute Gasteiger partial charge is 0.497 e. The van der Waals surface area contributed by atoms with Gasteiger partial charge in [-0.25, -0.2) is 4.79 Å². The van der Waals surface area contributed by atoms with Crippen LogP contribution in [0.2, 0.25) is 0 Å². The summed E-state index contributed by atoms with van der Waals surface area (Å²) in [6.07, 6.45) is 3.54. The van der Waals surface area contributed by atoms with Crippen LogP contribution in [-0.4, -0.2) is 77.0 Å². The van der Waals surface area contributed by atoms with Crippen LogP contribution in [0.4, 0.5) is 4.79 Å². The number of piperidine rings is 1. The van der Waals surface area contributed by atoms with Gasteiger partial charge in [-0.05, 0) is 50.6 Å². The molecule has 1 spiro atoms. The monoisotopic (exact) mass is 405 g/mol. The minimum absolute atomic E-state index is 0.0423. The Bertz CT molecular complexity index is 719. The van der Waals surface area contributed by atoms with Gasteiger partial charge in [-0.15, -0.1) is 0 Å². The highest BCUT2D eigenvalue weighted by Crippen LogP contribution is 2.38. The number of carbonyl (C=O) groups is 2. The van der Waals surface area contributed by atoms with E-state index in [0.717, 1.165) is 30.2 Å². The van der Waals surface area contributed by atoms with Gasteiger partial charge in [0.15, 0.2) is 0 Å². The number of hydrogen-bond donors (Lipinski definition) is 0. The number of likely N-dealkylation sites (N-methyl/N-ethyl adjacent to an activating group) is 1. The Hall–Kier alpha value is -1.73. The third-order valence-corrected chi connectivity index (χ3v) is 6.88. The number of methoxy groups -OCH3 is 1. The van der Waals surface area contributed by atoms with E-state index in [0.29, 0.717) is 32.0 Å². The summed E-state index contributed by atoms with van der Waals surface area (Å²) in [5.74, 6) is 1.77. The summed E-state index contributed by atoms with van der Waals surface area (Å²) in [6.45, 7) is 6.75. The molecule has 0 aliphatic carbocycles. The Morgan fingerprint density at radius 2 is 1.96 bits per heavy atom. The Labute approximate surface area is 172 Å². The number of urea groups is 1. The lowest BCUT2D eigenvalue weighted by atomic mass is 9.85. The van der Waals surface area contributed by atoms with Crippen molar-refractivity contribution in [1.29, 1.82) is 0 Å². The topological polar surface area (TPSA) is 53.1 Å². The Morgan fingerprint density at radius 3 is 2.57 bits per heavy atom. The van der Waals surface area contributed by atoms with E-state index in [4.69, 9.17) is 4.74 Å². The molecule has 2 saturated heterocycles. The standard InChI is InChI=1S/C21H31N3O3S/c1-5-24-20(26)23(14-17-7-6-8-18(13-17)27-3)19(25)21(24)9-11-22(12-10-21)16(2)15-28-4/h6-8,13,16H,5,9-12,14-15H2,1-4H3. The van der Waals surface area contributed by atoms with Crippen LogP contribution in [-0.2, 0) is 11.3 Å². The predicted octanol–water partition coefficient (Wildman–Crippen LogP) is 3.07. The third-order valence-electron chi connectivity index (χ3n) is 6.07. The summed E-state index contributed by atoms with van der Waals surface area (Å²) in [6, 6.07) is 7.88. The SMILES string of the molecule is CCN1C(=O)N(Cc2cccc(OC)c2)C(=O)C12CCN(C(C)CSC)CC2. The molecule has 3 rings (SSSR count). The van der Waals surface area contributed by atoms with Crippen LogP contribution in [0.3, 0.4) is 0 Å². The fraction of sp³-hybridized carbons (Fsp3) is 0.619. The molecule has 28 heavy (non-hydrogen) atoms. The maximum atomic E-state index is 13.4. The Balaban J connectivity index is 1.78. The molecule has 1 atom stereocenters. The number of hydrogen-bond acceptors (Lipinski definition) is 5. The lowest BCUT2D eigenvalue weighted by Gasteiger charge is -2.43. The molecule has 1 unspecified atom stereocenters. The molecule has 1 aromatic rings. The molecule has 0 radical (unpaired) electrons. The number of rotatable bonds is 7. The van der Waals surface area contributed by atoms with Crippen molar-refractivity contribution in [2.45, 2.75) is 44.8 Å². The lowest BCUT2D eigenvalue weighted by Crippen LogP contribution is -2.57. The molecular formula is C21H31N3O3S. The molecule has 2 fully saturated rings. The van der Waals surface area contributed by atoms with E-state index in [9.17, 15) is 9.59 Å². The first-order chi connectivity index (χ1) is 13.5. The molecule has 3 amide bonds. The van der Waals surface area contributed by atoms with Gasteiger partial charge in [0.2, 0.25) is 0 Å². The maximum absolute atomic E-state index is 13.4. The number of carbonyl (C=O) groups excluding carboxylic acids is 2. The van der Waals surface area contributed by atoms with Crippen LogP contribution in [0, 0.1) is 0 Å². The van der Waals surface area contributed by atoms with Crippen LogP contribution in [0.5, 0.6) is 5.75 Å². The van der Waals surface area contributed by atoms with E-state index < -0.39 is 5.54 Å². The van der Waals surface area contributed by atoms with Gasteiger partial charge >= 0.3 is 6.03 Å². The second-order valence-corrected chi connectivity index (χ2v) is 8.55. The molecule has 0 N–H and O–H groups in total. The summed E-state index contributed by atoms with van der Waals surface area (Å²) in [5.41, 5.74) is 0.223. The van der Waals surface area contributed by atoms with E-state index in [2.05, 4.69) is 18.1 Å². The molecule has 2 aliphatic rings. The van der Waals surface area contributed by atoms with Gasteiger partial charge in [-0.2, -0.15) is 11.8 Å². The van der Waals surface area contributed by atoms with Gasteiger partial charge in [0, 0.05) is 31.4 Å². The summed E-state index contributed by atoms with van der Waals surface area (Å²) < 4.78 is 5.27. The summed E-state index contributed by atoms with van der Waals surface area (Å²) in [7, 11) is 1.62. The van der Waals surface area contributed by atoms with Crippen LogP contribution in [0.25, 0.3) is 0 Å². The predicted molar refractivity (Wildman–Crippen MR) is 113 cm³/mol. The quantitative estimate of drug-likeness (QED) is 0.653. The average molecular weight is 406 g/mol. The van der Waals surface area contributed by atoms with E-state index in [1.807, 2.05) is 43.0 Å². The van der Waals surface area contributed by atoms with E-state index >= 15 is 0 Å². The Morgan fingerprint density at radius 1 is 1.25 bits per heavy atom. The number of likely N-dealkylation sites (tertiary alicyclic amines) is 1. The minimum atomic E-state index is -0.680. The molecular weight excluding hydrogens is 374 g/mol. The smallest absolute Gasteiger partial charge is 0.327 e. The van der Waals surface area contributed by atoms with E-state index in [1.165, 1.54) is 4.90 Å². The zero-order chi connectivity index (χ0) is 20.3. The van der Waals surface area contributed by atoms with Crippen molar-refractivity contribution in [3.05, 3.63) is 29.8 Å². The number of ether oxygens (including phenoxy) is 1. The maximum Gasteiger partial charge on any atom is 0.327 e. The number of amides is 3. The highest BCUT2D eigenvalue weighted by molar-refractivity contribution is 7.98. The summed E-state index contributed by atoms with van der Waals surface area (Å²) in [4.78, 5) is 32.2. The summed E-state index contributed by atoms with van der Waals surface area (Å²) in [5, 5.41) is 0. The molecule has 0 aromatic heterocycles. The number of benzene rings is 1. The molecule has 2 aliphatic heterocycles. The van der Waals surface area contributed by atoms with Gasteiger partial charge in [0.05, 0.1) is 13.7 Å². The Kier molecular flexibility index (Phi) is 6.55. The second kappa shape index (κ2) is 8.74. The fourth-order valence-electron chi connectivity index (χ4n) is 4.48. The summed E-state index contributed by atoms with van der Waals surface area (Å²) >= 11 is 1.85. The molecule has 6 nitrogen and oxygen atoms in total. The fourth-order valence-corrected chi connectivity index (χ4v) is 5.17. The third kappa shape index (κ3) is 3.74. The minimum Gasteiger partial charge on any atom is -0.497 e. The molecule has 2 heterocycles. The van der Waals surface area contributed by atoms with Crippen molar-refractivity contribution in [3.8, 4) is 5.75 Å². The van der Waals surface area contributed by atoms with Gasteiger partial charge < -0.3 is 9.64 Å². The number of imide groups is 1. The molecule has 0 bridgehead atoms. The van der Waals surface area contributed by atoms with Crippen molar-refractivity contribution >= 4 is 23.7 Å². The highest BCUT2D eigenvalue weighted by Gasteiger charge is 2.57. The van der Waals surface area contributed by atoms with E-state index in [1.54, 1.807) is 12.0 Å². The number of nitrogens with zero attached hydrogens (tertiary/aromatic N) is 3. The van der Waals surface area contributed by atoms with Crippen LogP contribution < -0.4 is 4.74 Å². The molecule has 1 aromatic carbocycles. The van der Waals surface area contributed by atoms with Gasteiger partial charge in [0.1, 0.15) is 11.3 Å². The normalized spacial score (nSPS) is 20.9. The van der Waals surface area contributed by atoms with Crippen molar-refractivity contribution in [2.75, 3.05) is 38.8 Å². The zero-order valence-corrected chi connectivity index (χ0v) is 18.1. The zero-order valence-electron chi connectivity index (χ0n) is 17.3. The van der Waals surface area contributed by atoms with Gasteiger partial charge in [0.25, 0.3) is 5.91 Å². The van der Waals surface area contributed by atoms with Crippen molar-refractivity contribution in [3.63, 3.8) is 0 Å². The van der Waals surface area contributed by atoms with Crippen molar-refractivity contribution in [1.82, 2.24) is 14.7 Å². The number of thioether (sulfide) groups is 1. The molecule has 154 valence electrons. The average Bonchev–Trinajstić information content (AvgIpc) is 2.90.